The zero-order valence-electron chi connectivity index (χ0n) is 9.03. The Bertz CT molecular complexity index is 289. The molecule has 82 valence electrons. The third kappa shape index (κ3) is 5.56. The first-order valence-corrected chi connectivity index (χ1v) is 6.25. The van der Waals surface area contributed by atoms with E-state index in [1.54, 1.807) is 18.0 Å². The van der Waals surface area contributed by atoms with E-state index in [4.69, 9.17) is 10.8 Å². The number of hydrogen-bond acceptors (Lipinski definition) is 3. The maximum Gasteiger partial charge on any atom is 0.105 e. The van der Waals surface area contributed by atoms with Crippen molar-refractivity contribution < 1.29 is 4.42 Å². The van der Waals surface area contributed by atoms with Crippen LogP contribution in [0.3, 0.4) is 0 Å². The Kier molecular flexibility index (Phi) is 6.06. The molecule has 3 heteroatoms. The van der Waals surface area contributed by atoms with E-state index in [9.17, 15) is 0 Å². The molecule has 0 radical (unpaired) electrons. The molecular formula is C12H17NOS. The molecule has 1 N–H and O–H groups in total. The molecule has 0 aliphatic carbocycles. The number of rotatable bonds is 7. The molecule has 1 aromatic rings. The minimum absolute atomic E-state index is 0.447. The van der Waals surface area contributed by atoms with Gasteiger partial charge in [0.15, 0.2) is 0 Å². The highest BCUT2D eigenvalue weighted by Gasteiger charge is 2.03. The molecule has 1 aromatic heterocycles. The first-order chi connectivity index (χ1) is 7.33. The van der Waals surface area contributed by atoms with Crippen LogP contribution in [0, 0.1) is 12.3 Å². The van der Waals surface area contributed by atoms with E-state index in [-0.39, 0.29) is 0 Å². The SMILES string of the molecule is C#CCSCCNC(C)Cc1ccco1. The molecule has 0 bridgehead atoms. The summed E-state index contributed by atoms with van der Waals surface area (Å²) in [5, 5.41) is 3.43. The number of nitrogens with one attached hydrogen (secondary N) is 1. The van der Waals surface area contributed by atoms with Crippen LogP contribution in [-0.2, 0) is 6.42 Å². The summed E-state index contributed by atoms with van der Waals surface area (Å²) in [6.07, 6.45) is 7.81. The fourth-order valence-electron chi connectivity index (χ4n) is 1.31. The highest BCUT2D eigenvalue weighted by molar-refractivity contribution is 7.99. The van der Waals surface area contributed by atoms with E-state index < -0.39 is 0 Å². The summed E-state index contributed by atoms with van der Waals surface area (Å²) in [7, 11) is 0. The number of furan rings is 1. The van der Waals surface area contributed by atoms with Gasteiger partial charge in [-0.3, -0.25) is 0 Å². The lowest BCUT2D eigenvalue weighted by molar-refractivity contribution is 0.463. The molecule has 1 heterocycles. The van der Waals surface area contributed by atoms with Crippen molar-refractivity contribution in [1.29, 1.82) is 0 Å². The maximum atomic E-state index is 5.28. The topological polar surface area (TPSA) is 25.2 Å². The lowest BCUT2D eigenvalue weighted by Gasteiger charge is -2.11. The summed E-state index contributed by atoms with van der Waals surface area (Å²) in [6.45, 7) is 3.16. The van der Waals surface area contributed by atoms with Gasteiger partial charge in [-0.1, -0.05) is 5.92 Å². The minimum atomic E-state index is 0.447. The van der Waals surface area contributed by atoms with Crippen molar-refractivity contribution in [3.05, 3.63) is 24.2 Å². The van der Waals surface area contributed by atoms with Crippen LogP contribution >= 0.6 is 11.8 Å². The predicted octanol–water partition coefficient (Wildman–Crippen LogP) is 2.17. The molecular weight excluding hydrogens is 206 g/mol. The van der Waals surface area contributed by atoms with Gasteiger partial charge in [0.05, 0.1) is 12.0 Å². The monoisotopic (exact) mass is 223 g/mol. The van der Waals surface area contributed by atoms with Gasteiger partial charge in [-0.25, -0.2) is 0 Å². The summed E-state index contributed by atoms with van der Waals surface area (Å²) in [4.78, 5) is 0. The van der Waals surface area contributed by atoms with Gasteiger partial charge in [-0.05, 0) is 19.1 Å². The highest BCUT2D eigenvalue weighted by atomic mass is 32.2. The molecule has 1 unspecified atom stereocenters. The van der Waals surface area contributed by atoms with Crippen LogP contribution in [0.5, 0.6) is 0 Å². The van der Waals surface area contributed by atoms with Crippen molar-refractivity contribution in [2.24, 2.45) is 0 Å². The Labute approximate surface area is 95.8 Å². The van der Waals surface area contributed by atoms with Gasteiger partial charge in [-0.2, -0.15) is 0 Å². The molecule has 0 saturated carbocycles. The van der Waals surface area contributed by atoms with Crippen LogP contribution in [-0.4, -0.2) is 24.1 Å². The van der Waals surface area contributed by atoms with Crippen molar-refractivity contribution in [3.63, 3.8) is 0 Å². The van der Waals surface area contributed by atoms with Gasteiger partial charge < -0.3 is 9.73 Å². The normalized spacial score (nSPS) is 12.3. The third-order valence-corrected chi connectivity index (χ3v) is 2.88. The summed E-state index contributed by atoms with van der Waals surface area (Å²) >= 11 is 1.78. The van der Waals surface area contributed by atoms with Crippen molar-refractivity contribution >= 4 is 11.8 Å². The van der Waals surface area contributed by atoms with Crippen molar-refractivity contribution in [2.75, 3.05) is 18.1 Å². The average molecular weight is 223 g/mol. The Morgan fingerprint density at radius 3 is 3.20 bits per heavy atom. The summed E-state index contributed by atoms with van der Waals surface area (Å²) in [5.41, 5.74) is 0. The lowest BCUT2D eigenvalue weighted by atomic mass is 10.2. The van der Waals surface area contributed by atoms with Crippen LogP contribution in [0.2, 0.25) is 0 Å². The first-order valence-electron chi connectivity index (χ1n) is 5.10. The van der Waals surface area contributed by atoms with Gasteiger partial charge in [0.25, 0.3) is 0 Å². The van der Waals surface area contributed by atoms with E-state index in [1.165, 1.54) is 0 Å². The fraction of sp³-hybridized carbons (Fsp3) is 0.500. The molecule has 15 heavy (non-hydrogen) atoms. The van der Waals surface area contributed by atoms with Crippen LogP contribution in [0.15, 0.2) is 22.8 Å². The molecule has 0 amide bonds. The van der Waals surface area contributed by atoms with E-state index >= 15 is 0 Å². The second-order valence-corrected chi connectivity index (χ2v) is 4.50. The molecule has 0 aromatic carbocycles. The Morgan fingerprint density at radius 2 is 2.53 bits per heavy atom. The van der Waals surface area contributed by atoms with Crippen LogP contribution in [0.4, 0.5) is 0 Å². The summed E-state index contributed by atoms with van der Waals surface area (Å²) < 4.78 is 5.28. The Morgan fingerprint density at radius 1 is 1.67 bits per heavy atom. The minimum Gasteiger partial charge on any atom is -0.469 e. The predicted molar refractivity (Wildman–Crippen MR) is 66.0 cm³/mol. The van der Waals surface area contributed by atoms with E-state index in [0.717, 1.165) is 30.2 Å². The second kappa shape index (κ2) is 7.44. The molecule has 0 saturated heterocycles. The average Bonchev–Trinajstić information content (AvgIpc) is 2.70. The van der Waals surface area contributed by atoms with Crippen molar-refractivity contribution in [2.45, 2.75) is 19.4 Å². The van der Waals surface area contributed by atoms with Gasteiger partial charge in [0.2, 0.25) is 0 Å². The highest BCUT2D eigenvalue weighted by Crippen LogP contribution is 2.04. The molecule has 2 nitrogen and oxygen atoms in total. The fourth-order valence-corrected chi connectivity index (χ4v) is 1.84. The molecule has 0 aliphatic rings. The Hall–Kier alpha value is -0.850. The standard InChI is InChI=1S/C12H17NOS/c1-3-8-15-9-6-13-11(2)10-12-5-4-7-14-12/h1,4-5,7,11,13H,6,8-10H2,2H3. The molecule has 1 atom stereocenters. The van der Waals surface area contributed by atoms with Crippen LogP contribution in [0.25, 0.3) is 0 Å². The largest absolute Gasteiger partial charge is 0.469 e. The third-order valence-electron chi connectivity index (χ3n) is 2.01. The zero-order chi connectivity index (χ0) is 10.9. The van der Waals surface area contributed by atoms with E-state index in [1.807, 2.05) is 12.1 Å². The molecule has 0 spiro atoms. The smallest absolute Gasteiger partial charge is 0.105 e. The first kappa shape index (κ1) is 12.2. The summed E-state index contributed by atoms with van der Waals surface area (Å²) in [5.74, 6) is 5.51. The van der Waals surface area contributed by atoms with Crippen molar-refractivity contribution in [1.82, 2.24) is 5.32 Å². The number of hydrogen-bond donors (Lipinski definition) is 1. The van der Waals surface area contributed by atoms with Gasteiger partial charge in [0, 0.05) is 24.8 Å². The number of terminal acetylenes is 1. The van der Waals surface area contributed by atoms with Gasteiger partial charge in [-0.15, -0.1) is 18.2 Å². The second-order valence-electron chi connectivity index (χ2n) is 3.40. The molecule has 0 aliphatic heterocycles. The van der Waals surface area contributed by atoms with Crippen molar-refractivity contribution in [3.8, 4) is 12.3 Å². The van der Waals surface area contributed by atoms with E-state index in [2.05, 4.69) is 18.2 Å². The quantitative estimate of drug-likeness (QED) is 0.566. The van der Waals surface area contributed by atoms with E-state index in [0.29, 0.717) is 6.04 Å². The molecule has 0 fully saturated rings. The van der Waals surface area contributed by atoms with Crippen LogP contribution < -0.4 is 5.32 Å². The van der Waals surface area contributed by atoms with Gasteiger partial charge in [0.1, 0.15) is 5.76 Å². The van der Waals surface area contributed by atoms with Gasteiger partial charge >= 0.3 is 0 Å². The lowest BCUT2D eigenvalue weighted by Crippen LogP contribution is -2.29. The Balaban J connectivity index is 2.04. The zero-order valence-corrected chi connectivity index (χ0v) is 9.85. The van der Waals surface area contributed by atoms with Crippen LogP contribution in [0.1, 0.15) is 12.7 Å². The molecule has 1 rings (SSSR count). The number of thioether (sulfide) groups is 1. The maximum absolute atomic E-state index is 5.28. The summed E-state index contributed by atoms with van der Waals surface area (Å²) in [6, 6.07) is 4.37.